The molecule has 0 amide bonds. The van der Waals surface area contributed by atoms with Crippen LogP contribution in [0.1, 0.15) is 31.4 Å². The molecule has 4 heteroatoms. The lowest BCUT2D eigenvalue weighted by Crippen LogP contribution is -2.17. The second kappa shape index (κ2) is 5.66. The van der Waals surface area contributed by atoms with Gasteiger partial charge in [-0.15, -0.1) is 11.8 Å². The minimum absolute atomic E-state index is 0.0645. The van der Waals surface area contributed by atoms with Crippen LogP contribution in [0, 0.1) is 0 Å². The summed E-state index contributed by atoms with van der Waals surface area (Å²) in [5, 5.41) is 1.75. The molecular weight excluding hydrogens is 220 g/mol. The number of rotatable bonds is 3. The van der Waals surface area contributed by atoms with E-state index in [4.69, 9.17) is 10.5 Å². The monoisotopic (exact) mass is 238 g/mol. The molecule has 0 bridgehead atoms. The highest BCUT2D eigenvalue weighted by molar-refractivity contribution is 7.99. The van der Waals surface area contributed by atoms with E-state index in [9.17, 15) is 0 Å². The highest BCUT2D eigenvalue weighted by atomic mass is 32.2. The lowest BCUT2D eigenvalue weighted by atomic mass is 10.2. The molecule has 0 aromatic carbocycles. The first kappa shape index (κ1) is 11.9. The van der Waals surface area contributed by atoms with Crippen molar-refractivity contribution >= 4 is 11.8 Å². The van der Waals surface area contributed by atoms with E-state index < -0.39 is 0 Å². The molecule has 0 aliphatic carbocycles. The fourth-order valence-electron chi connectivity index (χ4n) is 1.70. The number of thioether (sulfide) groups is 1. The van der Waals surface area contributed by atoms with E-state index in [1.807, 2.05) is 24.9 Å². The molecule has 1 aromatic rings. The van der Waals surface area contributed by atoms with Gasteiger partial charge in [-0.3, -0.25) is 0 Å². The number of pyridine rings is 1. The zero-order valence-electron chi connectivity index (χ0n) is 9.56. The molecular formula is C12H18N2OS. The first-order valence-electron chi connectivity index (χ1n) is 5.71. The van der Waals surface area contributed by atoms with Crippen molar-refractivity contribution < 1.29 is 4.74 Å². The summed E-state index contributed by atoms with van der Waals surface area (Å²) in [4.78, 5) is 4.44. The number of aromatic nitrogens is 1. The van der Waals surface area contributed by atoms with Gasteiger partial charge in [0.25, 0.3) is 0 Å². The molecule has 88 valence electrons. The van der Waals surface area contributed by atoms with Gasteiger partial charge in [0.2, 0.25) is 0 Å². The van der Waals surface area contributed by atoms with Crippen LogP contribution in [-0.4, -0.2) is 23.4 Å². The molecule has 2 N–H and O–H groups in total. The average Bonchev–Trinajstić information content (AvgIpc) is 2.31. The first-order chi connectivity index (χ1) is 7.75. The lowest BCUT2D eigenvalue weighted by Gasteiger charge is -2.21. The molecule has 3 nitrogen and oxygen atoms in total. The van der Waals surface area contributed by atoms with Gasteiger partial charge in [0.05, 0.1) is 5.03 Å². The number of ether oxygens (including phenoxy) is 1. The molecule has 1 aliphatic rings. The molecule has 0 spiro atoms. The Morgan fingerprint density at radius 3 is 2.75 bits per heavy atom. The zero-order valence-corrected chi connectivity index (χ0v) is 10.4. The van der Waals surface area contributed by atoms with Crippen LogP contribution in [0.2, 0.25) is 0 Å². The van der Waals surface area contributed by atoms with E-state index in [-0.39, 0.29) is 6.04 Å². The fraction of sp³-hybridized carbons (Fsp3) is 0.583. The van der Waals surface area contributed by atoms with E-state index in [2.05, 4.69) is 17.1 Å². The fourth-order valence-corrected chi connectivity index (χ4v) is 2.73. The van der Waals surface area contributed by atoms with E-state index in [0.717, 1.165) is 36.6 Å². The van der Waals surface area contributed by atoms with E-state index in [0.29, 0.717) is 5.25 Å². The normalized spacial score (nSPS) is 19.6. The number of hydrogen-bond acceptors (Lipinski definition) is 4. The SMILES string of the molecule is C[C@H](N)c1ccc(SC2CCOCC2)nc1. The maximum Gasteiger partial charge on any atom is 0.0962 e. The molecule has 2 heterocycles. The molecule has 0 radical (unpaired) electrons. The van der Waals surface area contributed by atoms with Gasteiger partial charge in [-0.1, -0.05) is 6.07 Å². The van der Waals surface area contributed by atoms with Crippen LogP contribution >= 0.6 is 11.8 Å². The van der Waals surface area contributed by atoms with Gasteiger partial charge >= 0.3 is 0 Å². The standard InChI is InChI=1S/C12H18N2OS/c1-9(13)10-2-3-12(14-8-10)16-11-4-6-15-7-5-11/h2-3,8-9,11H,4-7,13H2,1H3/t9-/m0/s1. The van der Waals surface area contributed by atoms with Crippen LogP contribution in [0.5, 0.6) is 0 Å². The summed E-state index contributed by atoms with van der Waals surface area (Å²) in [5.74, 6) is 0. The third-order valence-corrected chi connectivity index (χ3v) is 4.03. The molecule has 1 atom stereocenters. The van der Waals surface area contributed by atoms with Crippen LogP contribution < -0.4 is 5.73 Å². The van der Waals surface area contributed by atoms with E-state index in [1.165, 1.54) is 0 Å². The van der Waals surface area contributed by atoms with Crippen LogP contribution in [0.25, 0.3) is 0 Å². The lowest BCUT2D eigenvalue weighted by molar-refractivity contribution is 0.1000. The van der Waals surface area contributed by atoms with Crippen molar-refractivity contribution in [3.63, 3.8) is 0 Å². The predicted octanol–water partition coefficient (Wildman–Crippen LogP) is 2.37. The Morgan fingerprint density at radius 2 is 2.19 bits per heavy atom. The molecule has 1 aromatic heterocycles. The van der Waals surface area contributed by atoms with Crippen molar-refractivity contribution in [3.05, 3.63) is 23.9 Å². The summed E-state index contributed by atoms with van der Waals surface area (Å²) in [6.07, 6.45) is 4.13. The molecule has 1 saturated heterocycles. The largest absolute Gasteiger partial charge is 0.381 e. The van der Waals surface area contributed by atoms with Crippen LogP contribution in [0.4, 0.5) is 0 Å². The van der Waals surface area contributed by atoms with Gasteiger partial charge in [0, 0.05) is 30.7 Å². The van der Waals surface area contributed by atoms with Gasteiger partial charge in [0.1, 0.15) is 0 Å². The number of hydrogen-bond donors (Lipinski definition) is 1. The Balaban J connectivity index is 1.93. The Bertz CT molecular complexity index is 320. The van der Waals surface area contributed by atoms with E-state index >= 15 is 0 Å². The summed E-state index contributed by atoms with van der Waals surface area (Å²) in [7, 11) is 0. The maximum absolute atomic E-state index is 5.78. The van der Waals surface area contributed by atoms with Gasteiger partial charge in [-0.05, 0) is 31.4 Å². The summed E-state index contributed by atoms with van der Waals surface area (Å²) in [6, 6.07) is 4.20. The third-order valence-electron chi connectivity index (χ3n) is 2.74. The second-order valence-electron chi connectivity index (χ2n) is 4.15. The second-order valence-corrected chi connectivity index (χ2v) is 5.47. The Kier molecular flexibility index (Phi) is 4.21. The summed E-state index contributed by atoms with van der Waals surface area (Å²) < 4.78 is 5.34. The molecule has 0 saturated carbocycles. The predicted molar refractivity (Wildman–Crippen MR) is 66.5 cm³/mol. The van der Waals surface area contributed by atoms with Crippen molar-refractivity contribution in [1.29, 1.82) is 0 Å². The smallest absolute Gasteiger partial charge is 0.0962 e. The van der Waals surface area contributed by atoms with Crippen molar-refractivity contribution in [2.45, 2.75) is 36.1 Å². The Labute approximate surface area is 101 Å². The van der Waals surface area contributed by atoms with E-state index in [1.54, 1.807) is 0 Å². The molecule has 1 aliphatic heterocycles. The topological polar surface area (TPSA) is 48.1 Å². The molecule has 0 unspecified atom stereocenters. The Morgan fingerprint density at radius 1 is 1.44 bits per heavy atom. The van der Waals surface area contributed by atoms with Crippen molar-refractivity contribution in [1.82, 2.24) is 4.98 Å². The highest BCUT2D eigenvalue weighted by Gasteiger charge is 2.15. The quantitative estimate of drug-likeness (QED) is 0.878. The van der Waals surface area contributed by atoms with Crippen LogP contribution in [0.3, 0.4) is 0 Å². The summed E-state index contributed by atoms with van der Waals surface area (Å²) in [6.45, 7) is 3.74. The molecule has 1 fully saturated rings. The van der Waals surface area contributed by atoms with Crippen LogP contribution in [0.15, 0.2) is 23.4 Å². The Hall–Kier alpha value is -0.580. The average molecular weight is 238 g/mol. The van der Waals surface area contributed by atoms with Gasteiger partial charge in [-0.2, -0.15) is 0 Å². The summed E-state index contributed by atoms with van der Waals surface area (Å²) >= 11 is 1.85. The highest BCUT2D eigenvalue weighted by Crippen LogP contribution is 2.28. The van der Waals surface area contributed by atoms with Crippen molar-refractivity contribution in [3.8, 4) is 0 Å². The zero-order chi connectivity index (χ0) is 11.4. The maximum atomic E-state index is 5.78. The summed E-state index contributed by atoms with van der Waals surface area (Å²) in [5.41, 5.74) is 6.88. The first-order valence-corrected chi connectivity index (χ1v) is 6.59. The number of nitrogens with two attached hydrogens (primary N) is 1. The molecule has 16 heavy (non-hydrogen) atoms. The van der Waals surface area contributed by atoms with Gasteiger partial charge < -0.3 is 10.5 Å². The van der Waals surface area contributed by atoms with Gasteiger partial charge in [-0.25, -0.2) is 4.98 Å². The molecule has 2 rings (SSSR count). The minimum atomic E-state index is 0.0645. The van der Waals surface area contributed by atoms with Gasteiger partial charge in [0.15, 0.2) is 0 Å². The van der Waals surface area contributed by atoms with Crippen LogP contribution in [-0.2, 0) is 4.74 Å². The van der Waals surface area contributed by atoms with Crippen molar-refractivity contribution in [2.24, 2.45) is 5.73 Å². The third kappa shape index (κ3) is 3.20. The van der Waals surface area contributed by atoms with Crippen molar-refractivity contribution in [2.75, 3.05) is 13.2 Å². The minimum Gasteiger partial charge on any atom is -0.381 e. The number of nitrogens with zero attached hydrogens (tertiary/aromatic N) is 1.